The number of rotatable bonds is 2. The van der Waals surface area contributed by atoms with E-state index in [1.165, 1.54) is 18.2 Å². The van der Waals surface area contributed by atoms with Gasteiger partial charge in [0.05, 0.1) is 4.47 Å². The molecular formula is C9H7BrF2. The first-order chi connectivity index (χ1) is 5.66. The third-order valence-corrected chi connectivity index (χ3v) is 2.09. The van der Waals surface area contributed by atoms with Crippen LogP contribution in [0.15, 0.2) is 29.3 Å². The fraction of sp³-hybridized carbons (Fsp3) is 0.111. The summed E-state index contributed by atoms with van der Waals surface area (Å²) in [6.07, 6.45) is 1.88. The number of hydrogen-bond donors (Lipinski definition) is 0. The standard InChI is InChI=1S/C9H7BrF2/c1-2-3-6-4-5-7(10)9(12)8(6)11/h2,4-5H,1,3H2. The van der Waals surface area contributed by atoms with Crippen molar-refractivity contribution < 1.29 is 8.78 Å². The Morgan fingerprint density at radius 3 is 2.58 bits per heavy atom. The lowest BCUT2D eigenvalue weighted by molar-refractivity contribution is 0.497. The number of benzene rings is 1. The van der Waals surface area contributed by atoms with Gasteiger partial charge in [0.1, 0.15) is 0 Å². The SMILES string of the molecule is C=CCc1ccc(Br)c(F)c1F. The molecule has 0 saturated heterocycles. The quantitative estimate of drug-likeness (QED) is 0.542. The predicted octanol–water partition coefficient (Wildman–Crippen LogP) is 3.46. The van der Waals surface area contributed by atoms with Gasteiger partial charge in [-0.25, -0.2) is 8.78 Å². The van der Waals surface area contributed by atoms with E-state index in [0.29, 0.717) is 12.0 Å². The van der Waals surface area contributed by atoms with Crippen LogP contribution in [0.4, 0.5) is 8.78 Å². The summed E-state index contributed by atoms with van der Waals surface area (Å²) >= 11 is 2.89. The van der Waals surface area contributed by atoms with Crippen molar-refractivity contribution >= 4 is 15.9 Å². The summed E-state index contributed by atoms with van der Waals surface area (Å²) in [4.78, 5) is 0. The zero-order chi connectivity index (χ0) is 9.14. The topological polar surface area (TPSA) is 0 Å². The molecule has 0 atom stereocenters. The normalized spacial score (nSPS) is 9.92. The van der Waals surface area contributed by atoms with Gasteiger partial charge in [-0.3, -0.25) is 0 Å². The van der Waals surface area contributed by atoms with Crippen LogP contribution in [-0.2, 0) is 6.42 Å². The van der Waals surface area contributed by atoms with Crippen LogP contribution < -0.4 is 0 Å². The molecule has 0 spiro atoms. The molecule has 0 amide bonds. The molecule has 1 rings (SSSR count). The summed E-state index contributed by atoms with van der Waals surface area (Å²) in [6, 6.07) is 3.02. The molecule has 64 valence electrons. The van der Waals surface area contributed by atoms with Crippen molar-refractivity contribution in [3.63, 3.8) is 0 Å². The van der Waals surface area contributed by atoms with Crippen LogP contribution >= 0.6 is 15.9 Å². The van der Waals surface area contributed by atoms with Crippen molar-refractivity contribution in [3.8, 4) is 0 Å². The van der Waals surface area contributed by atoms with Gasteiger partial charge in [-0.05, 0) is 34.0 Å². The zero-order valence-corrected chi connectivity index (χ0v) is 7.87. The first-order valence-corrected chi connectivity index (χ1v) is 4.19. The van der Waals surface area contributed by atoms with Crippen molar-refractivity contribution in [2.24, 2.45) is 0 Å². The predicted molar refractivity (Wildman–Crippen MR) is 48.0 cm³/mol. The number of allylic oxidation sites excluding steroid dienone is 1. The van der Waals surface area contributed by atoms with Crippen LogP contribution in [0.25, 0.3) is 0 Å². The van der Waals surface area contributed by atoms with E-state index in [2.05, 4.69) is 22.5 Å². The van der Waals surface area contributed by atoms with Crippen LogP contribution in [0.3, 0.4) is 0 Å². The summed E-state index contributed by atoms with van der Waals surface area (Å²) in [7, 11) is 0. The first kappa shape index (κ1) is 9.39. The fourth-order valence-electron chi connectivity index (χ4n) is 0.879. The Kier molecular flexibility index (Phi) is 2.98. The van der Waals surface area contributed by atoms with E-state index in [1.54, 1.807) is 0 Å². The van der Waals surface area contributed by atoms with Gasteiger partial charge in [0.15, 0.2) is 11.6 Å². The Morgan fingerprint density at radius 2 is 2.00 bits per heavy atom. The molecule has 0 fully saturated rings. The van der Waals surface area contributed by atoms with Gasteiger partial charge in [-0.2, -0.15) is 0 Å². The second-order valence-corrected chi connectivity index (χ2v) is 3.18. The molecule has 0 bridgehead atoms. The summed E-state index contributed by atoms with van der Waals surface area (Å²) in [6.45, 7) is 3.45. The number of halogens is 3. The minimum absolute atomic E-state index is 0.146. The summed E-state index contributed by atoms with van der Waals surface area (Å²) in [5.41, 5.74) is 0.325. The van der Waals surface area contributed by atoms with Crippen molar-refractivity contribution in [1.29, 1.82) is 0 Å². The molecule has 0 nitrogen and oxygen atoms in total. The zero-order valence-electron chi connectivity index (χ0n) is 6.28. The third kappa shape index (κ3) is 1.72. The lowest BCUT2D eigenvalue weighted by atomic mass is 10.1. The molecule has 0 saturated carbocycles. The molecule has 0 unspecified atom stereocenters. The smallest absolute Gasteiger partial charge is 0.173 e. The molecule has 3 heteroatoms. The average Bonchev–Trinajstić information content (AvgIpc) is 2.07. The van der Waals surface area contributed by atoms with Crippen LogP contribution in [0.5, 0.6) is 0 Å². The monoisotopic (exact) mass is 232 g/mol. The molecule has 0 aliphatic heterocycles. The van der Waals surface area contributed by atoms with Crippen LogP contribution in [-0.4, -0.2) is 0 Å². The van der Waals surface area contributed by atoms with Crippen molar-refractivity contribution in [2.75, 3.05) is 0 Å². The Hall–Kier alpha value is -0.700. The van der Waals surface area contributed by atoms with Gasteiger partial charge in [0, 0.05) is 0 Å². The second kappa shape index (κ2) is 3.81. The molecule has 0 radical (unpaired) electrons. The van der Waals surface area contributed by atoms with E-state index in [-0.39, 0.29) is 4.47 Å². The molecule has 1 aromatic carbocycles. The third-order valence-electron chi connectivity index (χ3n) is 1.48. The Morgan fingerprint density at radius 1 is 1.33 bits per heavy atom. The van der Waals surface area contributed by atoms with Crippen molar-refractivity contribution in [3.05, 3.63) is 46.5 Å². The Balaban J connectivity index is 3.16. The van der Waals surface area contributed by atoms with Gasteiger partial charge in [0.2, 0.25) is 0 Å². The molecule has 0 aliphatic rings. The molecule has 0 aromatic heterocycles. The molecule has 1 aromatic rings. The van der Waals surface area contributed by atoms with Crippen molar-refractivity contribution in [1.82, 2.24) is 0 Å². The minimum Gasteiger partial charge on any atom is -0.203 e. The van der Waals surface area contributed by atoms with E-state index >= 15 is 0 Å². The number of hydrogen-bond acceptors (Lipinski definition) is 0. The molecule has 0 aliphatic carbocycles. The molecule has 12 heavy (non-hydrogen) atoms. The highest BCUT2D eigenvalue weighted by atomic mass is 79.9. The van der Waals surface area contributed by atoms with E-state index in [1.807, 2.05) is 0 Å². The highest BCUT2D eigenvalue weighted by Gasteiger charge is 2.09. The summed E-state index contributed by atoms with van der Waals surface area (Å²) in [5, 5.41) is 0. The first-order valence-electron chi connectivity index (χ1n) is 3.40. The van der Waals surface area contributed by atoms with E-state index in [4.69, 9.17) is 0 Å². The summed E-state index contributed by atoms with van der Waals surface area (Å²) in [5.74, 6) is -1.64. The van der Waals surface area contributed by atoms with Gasteiger partial charge < -0.3 is 0 Å². The minimum atomic E-state index is -0.839. The van der Waals surface area contributed by atoms with Crippen molar-refractivity contribution in [2.45, 2.75) is 6.42 Å². The summed E-state index contributed by atoms with van der Waals surface area (Å²) < 4.78 is 26.0. The molecule has 0 N–H and O–H groups in total. The lowest BCUT2D eigenvalue weighted by Gasteiger charge is -2.01. The second-order valence-electron chi connectivity index (χ2n) is 2.33. The van der Waals surface area contributed by atoms with Gasteiger partial charge in [-0.15, -0.1) is 6.58 Å². The highest BCUT2D eigenvalue weighted by Crippen LogP contribution is 2.21. The van der Waals surface area contributed by atoms with Gasteiger partial charge in [0.25, 0.3) is 0 Å². The maximum atomic E-state index is 13.0. The van der Waals surface area contributed by atoms with E-state index in [9.17, 15) is 8.78 Å². The highest BCUT2D eigenvalue weighted by molar-refractivity contribution is 9.10. The average molecular weight is 233 g/mol. The maximum absolute atomic E-state index is 13.0. The van der Waals surface area contributed by atoms with Crippen LogP contribution in [0.2, 0.25) is 0 Å². The van der Waals surface area contributed by atoms with E-state index in [0.717, 1.165) is 0 Å². The molecule has 0 heterocycles. The fourth-order valence-corrected chi connectivity index (χ4v) is 1.19. The maximum Gasteiger partial charge on any atom is 0.173 e. The van der Waals surface area contributed by atoms with Crippen LogP contribution in [0, 0.1) is 11.6 Å². The van der Waals surface area contributed by atoms with Gasteiger partial charge in [-0.1, -0.05) is 12.1 Å². The lowest BCUT2D eigenvalue weighted by Crippen LogP contribution is -1.93. The van der Waals surface area contributed by atoms with Gasteiger partial charge >= 0.3 is 0 Å². The Labute approximate surface area is 78.0 Å². The Bertz CT molecular complexity index is 308. The van der Waals surface area contributed by atoms with E-state index < -0.39 is 11.6 Å². The van der Waals surface area contributed by atoms with Crippen LogP contribution in [0.1, 0.15) is 5.56 Å². The largest absolute Gasteiger partial charge is 0.203 e. The molecular weight excluding hydrogens is 226 g/mol.